The fourth-order valence-electron chi connectivity index (χ4n) is 3.23. The molecule has 1 amide bonds. The van der Waals surface area contributed by atoms with Crippen molar-refractivity contribution in [3.63, 3.8) is 0 Å². The van der Waals surface area contributed by atoms with Crippen LogP contribution in [0.2, 0.25) is 0 Å². The molecule has 0 saturated carbocycles. The van der Waals surface area contributed by atoms with E-state index >= 15 is 0 Å². The van der Waals surface area contributed by atoms with Crippen LogP contribution in [0.5, 0.6) is 5.75 Å². The molecule has 0 fully saturated rings. The van der Waals surface area contributed by atoms with Gasteiger partial charge in [-0.1, -0.05) is 52.8 Å². The number of nitrogens with zero attached hydrogens (tertiary/aromatic N) is 2. The van der Waals surface area contributed by atoms with E-state index < -0.39 is 0 Å². The van der Waals surface area contributed by atoms with E-state index in [4.69, 9.17) is 4.74 Å². The average Bonchev–Trinajstić information content (AvgIpc) is 2.59. The molecule has 0 spiro atoms. The number of carbonyl (C=O) groups is 1. The van der Waals surface area contributed by atoms with Gasteiger partial charge in [0.1, 0.15) is 5.75 Å². The van der Waals surface area contributed by atoms with E-state index in [2.05, 4.69) is 62.3 Å². The van der Waals surface area contributed by atoms with Crippen molar-refractivity contribution in [1.82, 2.24) is 10.4 Å². The third-order valence-corrected chi connectivity index (χ3v) is 4.05. The van der Waals surface area contributed by atoms with Crippen molar-refractivity contribution in [2.24, 2.45) is 10.5 Å². The van der Waals surface area contributed by atoms with Crippen molar-refractivity contribution < 1.29 is 9.53 Å². The predicted molar refractivity (Wildman–Crippen MR) is 109 cm³/mol. The number of carbonyl (C=O) groups excluding carboxylic acids is 1. The van der Waals surface area contributed by atoms with Crippen LogP contribution in [-0.4, -0.2) is 23.7 Å². The first kappa shape index (κ1) is 20.6. The van der Waals surface area contributed by atoms with E-state index in [0.29, 0.717) is 11.4 Å². The summed E-state index contributed by atoms with van der Waals surface area (Å²) in [7, 11) is 0. The van der Waals surface area contributed by atoms with E-state index in [-0.39, 0.29) is 23.3 Å². The Labute approximate surface area is 161 Å². The number of aromatic nitrogens is 1. The van der Waals surface area contributed by atoms with Crippen molar-refractivity contribution in [3.8, 4) is 5.75 Å². The summed E-state index contributed by atoms with van der Waals surface area (Å²) in [6.45, 7) is 11.2. The lowest BCUT2D eigenvalue weighted by atomic mass is 9.72. The third-order valence-electron chi connectivity index (χ3n) is 4.05. The number of rotatable bonds is 7. The minimum absolute atomic E-state index is 0.0777. The number of hydrogen-bond acceptors (Lipinski definition) is 4. The summed E-state index contributed by atoms with van der Waals surface area (Å²) >= 11 is 0. The van der Waals surface area contributed by atoms with Crippen LogP contribution >= 0.6 is 0 Å². The molecule has 0 atom stereocenters. The molecule has 1 N–H and O–H groups in total. The summed E-state index contributed by atoms with van der Waals surface area (Å²) in [5, 5.41) is 3.87. The van der Waals surface area contributed by atoms with Gasteiger partial charge in [0.2, 0.25) is 0 Å². The molecule has 0 aliphatic heterocycles. The second-order valence-corrected chi connectivity index (χ2v) is 8.48. The number of ether oxygens (including phenoxy) is 1. The molecule has 5 nitrogen and oxygen atoms in total. The van der Waals surface area contributed by atoms with Gasteiger partial charge in [-0.15, -0.1) is 0 Å². The van der Waals surface area contributed by atoms with Gasteiger partial charge in [-0.05, 0) is 47.1 Å². The maximum absolute atomic E-state index is 11.8. The largest absolute Gasteiger partial charge is 0.484 e. The van der Waals surface area contributed by atoms with E-state index in [1.807, 2.05) is 24.3 Å². The van der Waals surface area contributed by atoms with Crippen LogP contribution in [0.15, 0.2) is 53.8 Å². The van der Waals surface area contributed by atoms with Gasteiger partial charge in [0.05, 0.1) is 11.9 Å². The third kappa shape index (κ3) is 7.21. The zero-order valence-corrected chi connectivity index (χ0v) is 16.8. The van der Waals surface area contributed by atoms with E-state index in [1.165, 1.54) is 11.8 Å². The van der Waals surface area contributed by atoms with Crippen LogP contribution in [0.4, 0.5) is 0 Å². The Morgan fingerprint density at radius 3 is 2.41 bits per heavy atom. The van der Waals surface area contributed by atoms with Crippen molar-refractivity contribution >= 4 is 12.1 Å². The second kappa shape index (κ2) is 8.80. The Bertz CT molecular complexity index is 760. The fourth-order valence-corrected chi connectivity index (χ4v) is 3.23. The number of nitrogens with one attached hydrogen (secondary N) is 1. The molecule has 2 aromatic rings. The highest BCUT2D eigenvalue weighted by Crippen LogP contribution is 2.36. The first-order valence-corrected chi connectivity index (χ1v) is 9.12. The number of hydrogen-bond donors (Lipinski definition) is 1. The summed E-state index contributed by atoms with van der Waals surface area (Å²) in [5.74, 6) is 0.341. The predicted octanol–water partition coefficient (Wildman–Crippen LogP) is 4.32. The molecule has 0 unspecified atom stereocenters. The Morgan fingerprint density at radius 2 is 1.81 bits per heavy atom. The maximum atomic E-state index is 11.8. The molecule has 0 bridgehead atoms. The molecule has 0 aliphatic carbocycles. The van der Waals surface area contributed by atoms with E-state index in [9.17, 15) is 4.79 Å². The van der Waals surface area contributed by atoms with Crippen molar-refractivity contribution in [2.45, 2.75) is 46.5 Å². The first-order chi connectivity index (χ1) is 12.7. The standard InChI is InChI=1S/C22H29N3O2/c1-21(2,3)16-22(4,5)17-9-11-19(12-10-17)27-15-20(26)25-24-14-18-8-6-7-13-23-18/h6-14H,15-16H2,1-5H3,(H,25,26)/b24-14-. The average molecular weight is 367 g/mol. The van der Waals surface area contributed by atoms with Crippen molar-refractivity contribution in [3.05, 3.63) is 59.9 Å². The summed E-state index contributed by atoms with van der Waals surface area (Å²) in [5.41, 5.74) is 4.69. The highest BCUT2D eigenvalue weighted by Gasteiger charge is 2.27. The van der Waals surface area contributed by atoms with Crippen LogP contribution in [0.25, 0.3) is 0 Å². The summed E-state index contributed by atoms with van der Waals surface area (Å²) < 4.78 is 5.54. The van der Waals surface area contributed by atoms with Gasteiger partial charge in [0, 0.05) is 6.20 Å². The van der Waals surface area contributed by atoms with Gasteiger partial charge in [-0.25, -0.2) is 5.43 Å². The zero-order valence-electron chi connectivity index (χ0n) is 16.8. The van der Waals surface area contributed by atoms with Crippen molar-refractivity contribution in [2.75, 3.05) is 6.61 Å². The molecular weight excluding hydrogens is 338 g/mol. The molecular formula is C22H29N3O2. The lowest BCUT2D eigenvalue weighted by Gasteiger charge is -2.33. The molecule has 2 rings (SSSR count). The van der Waals surface area contributed by atoms with E-state index in [0.717, 1.165) is 6.42 Å². The molecule has 5 heteroatoms. The smallest absolute Gasteiger partial charge is 0.277 e. The summed E-state index contributed by atoms with van der Waals surface area (Å²) in [6.07, 6.45) is 4.24. The quantitative estimate of drug-likeness (QED) is 0.585. The van der Waals surface area contributed by atoms with Crippen LogP contribution in [0, 0.1) is 5.41 Å². The zero-order chi connectivity index (χ0) is 19.9. The Kier molecular flexibility index (Phi) is 6.72. The van der Waals surface area contributed by atoms with Gasteiger partial charge in [0.15, 0.2) is 6.61 Å². The molecule has 1 aromatic heterocycles. The number of benzene rings is 1. The van der Waals surface area contributed by atoms with Gasteiger partial charge in [-0.2, -0.15) is 5.10 Å². The lowest BCUT2D eigenvalue weighted by molar-refractivity contribution is -0.123. The summed E-state index contributed by atoms with van der Waals surface area (Å²) in [6, 6.07) is 13.4. The summed E-state index contributed by atoms with van der Waals surface area (Å²) in [4.78, 5) is 15.9. The highest BCUT2D eigenvalue weighted by atomic mass is 16.5. The molecule has 144 valence electrons. The van der Waals surface area contributed by atoms with Crippen LogP contribution in [-0.2, 0) is 10.2 Å². The SMILES string of the molecule is CC(C)(C)CC(C)(C)c1ccc(OCC(=O)N/N=C\c2ccccn2)cc1. The second-order valence-electron chi connectivity index (χ2n) is 8.48. The van der Waals surface area contributed by atoms with Gasteiger partial charge < -0.3 is 4.74 Å². The number of hydrazone groups is 1. The molecule has 0 aliphatic rings. The minimum Gasteiger partial charge on any atom is -0.484 e. The number of pyridine rings is 1. The Morgan fingerprint density at radius 1 is 1.11 bits per heavy atom. The lowest BCUT2D eigenvalue weighted by Crippen LogP contribution is -2.25. The van der Waals surface area contributed by atoms with Crippen LogP contribution in [0.1, 0.15) is 52.3 Å². The van der Waals surface area contributed by atoms with E-state index in [1.54, 1.807) is 12.3 Å². The molecule has 0 radical (unpaired) electrons. The molecule has 1 aromatic carbocycles. The normalized spacial score (nSPS) is 12.2. The maximum Gasteiger partial charge on any atom is 0.277 e. The number of amides is 1. The van der Waals surface area contributed by atoms with Gasteiger partial charge in [-0.3, -0.25) is 9.78 Å². The monoisotopic (exact) mass is 367 g/mol. The van der Waals surface area contributed by atoms with Crippen LogP contribution < -0.4 is 10.2 Å². The minimum atomic E-state index is -0.320. The van der Waals surface area contributed by atoms with Gasteiger partial charge >= 0.3 is 0 Å². The molecule has 0 saturated heterocycles. The molecule has 1 heterocycles. The van der Waals surface area contributed by atoms with Gasteiger partial charge in [0.25, 0.3) is 5.91 Å². The first-order valence-electron chi connectivity index (χ1n) is 9.12. The van der Waals surface area contributed by atoms with Crippen molar-refractivity contribution in [1.29, 1.82) is 0 Å². The van der Waals surface area contributed by atoms with Crippen LogP contribution in [0.3, 0.4) is 0 Å². The molecule has 27 heavy (non-hydrogen) atoms. The highest BCUT2D eigenvalue weighted by molar-refractivity contribution is 5.81. The Hall–Kier alpha value is -2.69. The fraction of sp³-hybridized carbons (Fsp3) is 0.409. The Balaban J connectivity index is 1.84. The topological polar surface area (TPSA) is 63.6 Å².